The zero-order valence-corrected chi connectivity index (χ0v) is 12.5. The molecule has 0 bridgehead atoms. The van der Waals surface area contributed by atoms with E-state index in [9.17, 15) is 14.3 Å². The number of hydrogen-bond donors (Lipinski definition) is 1. The topological polar surface area (TPSA) is 67.5 Å². The number of para-hydroxylation sites is 1. The molecule has 0 atom stereocenters. The Labute approximate surface area is 136 Å². The number of halogens is 1. The maximum absolute atomic E-state index is 14.3. The van der Waals surface area contributed by atoms with Crippen LogP contribution in [-0.4, -0.2) is 26.6 Å². The molecule has 0 radical (unpaired) electrons. The Bertz CT molecular complexity index is 991. The number of benzene rings is 2. The zero-order valence-electron chi connectivity index (χ0n) is 12.5. The van der Waals surface area contributed by atoms with Gasteiger partial charge in [-0.15, -0.1) is 0 Å². The predicted molar refractivity (Wildman–Crippen MR) is 86.3 cm³/mol. The van der Waals surface area contributed by atoms with Gasteiger partial charge in [0.1, 0.15) is 11.4 Å². The first-order valence-electron chi connectivity index (χ1n) is 7.36. The van der Waals surface area contributed by atoms with E-state index in [1.807, 2.05) is 24.3 Å². The van der Waals surface area contributed by atoms with Crippen molar-refractivity contribution in [2.75, 3.05) is 0 Å². The molecule has 1 aliphatic heterocycles. The minimum Gasteiger partial charge on any atom is -0.478 e. The van der Waals surface area contributed by atoms with Gasteiger partial charge in [-0.2, -0.15) is 5.10 Å². The number of carboxylic acids is 1. The van der Waals surface area contributed by atoms with E-state index >= 15 is 0 Å². The molecule has 2 aromatic carbocycles. The molecule has 0 spiro atoms. The monoisotopic (exact) mass is 321 g/mol. The SMILES string of the molecule is O=C(O)c1cnn2c1CN=C(c1ccccc1F)c1ccccc1-2. The van der Waals surface area contributed by atoms with E-state index in [2.05, 4.69) is 10.1 Å². The second-order valence-electron chi connectivity index (χ2n) is 5.38. The highest BCUT2D eigenvalue weighted by atomic mass is 19.1. The molecule has 1 aliphatic rings. The number of aromatic carboxylic acids is 1. The Kier molecular flexibility index (Phi) is 3.23. The minimum atomic E-state index is -1.06. The summed E-state index contributed by atoms with van der Waals surface area (Å²) in [4.78, 5) is 15.9. The molecule has 0 fully saturated rings. The lowest BCUT2D eigenvalue weighted by molar-refractivity contribution is 0.0695. The normalized spacial score (nSPS) is 12.8. The number of fused-ring (bicyclic) bond motifs is 3. The van der Waals surface area contributed by atoms with Crippen molar-refractivity contribution in [1.29, 1.82) is 0 Å². The molecule has 2 heterocycles. The summed E-state index contributed by atoms with van der Waals surface area (Å²) in [7, 11) is 0. The fourth-order valence-corrected chi connectivity index (χ4v) is 2.89. The first-order chi connectivity index (χ1) is 11.7. The van der Waals surface area contributed by atoms with Crippen LogP contribution in [0.5, 0.6) is 0 Å². The van der Waals surface area contributed by atoms with Gasteiger partial charge in [-0.25, -0.2) is 13.9 Å². The molecule has 0 saturated heterocycles. The third-order valence-electron chi connectivity index (χ3n) is 4.00. The van der Waals surface area contributed by atoms with Crippen LogP contribution in [0.15, 0.2) is 59.7 Å². The van der Waals surface area contributed by atoms with Gasteiger partial charge in [0.15, 0.2) is 0 Å². The smallest absolute Gasteiger partial charge is 0.339 e. The molecule has 3 aromatic rings. The van der Waals surface area contributed by atoms with Gasteiger partial charge in [-0.1, -0.05) is 30.3 Å². The van der Waals surface area contributed by atoms with Crippen molar-refractivity contribution >= 4 is 11.7 Å². The summed E-state index contributed by atoms with van der Waals surface area (Å²) in [6.07, 6.45) is 1.32. The van der Waals surface area contributed by atoms with Gasteiger partial charge in [0.05, 0.1) is 29.8 Å². The fourth-order valence-electron chi connectivity index (χ4n) is 2.89. The fraction of sp³-hybridized carbons (Fsp3) is 0.0556. The van der Waals surface area contributed by atoms with Gasteiger partial charge >= 0.3 is 5.97 Å². The molecular weight excluding hydrogens is 309 g/mol. The average Bonchev–Trinajstić information content (AvgIpc) is 2.94. The number of carbonyl (C=O) groups is 1. The summed E-state index contributed by atoms with van der Waals surface area (Å²) < 4.78 is 15.8. The van der Waals surface area contributed by atoms with E-state index in [1.165, 1.54) is 12.3 Å². The number of hydrogen-bond acceptors (Lipinski definition) is 3. The number of nitrogens with zero attached hydrogens (tertiary/aromatic N) is 3. The summed E-state index contributed by atoms with van der Waals surface area (Å²) in [5.74, 6) is -1.43. The first kappa shape index (κ1) is 14.3. The van der Waals surface area contributed by atoms with Crippen molar-refractivity contribution in [3.05, 3.63) is 82.9 Å². The van der Waals surface area contributed by atoms with Crippen LogP contribution in [0.3, 0.4) is 0 Å². The van der Waals surface area contributed by atoms with E-state index in [4.69, 9.17) is 0 Å². The Morgan fingerprint density at radius 2 is 1.79 bits per heavy atom. The third-order valence-corrected chi connectivity index (χ3v) is 4.00. The van der Waals surface area contributed by atoms with E-state index in [0.717, 1.165) is 0 Å². The summed E-state index contributed by atoms with van der Waals surface area (Å²) in [6, 6.07) is 13.7. The molecule has 118 valence electrons. The lowest BCUT2D eigenvalue weighted by Gasteiger charge is -2.11. The van der Waals surface area contributed by atoms with Crippen LogP contribution in [-0.2, 0) is 6.54 Å². The van der Waals surface area contributed by atoms with Gasteiger partial charge in [0, 0.05) is 11.1 Å². The van der Waals surface area contributed by atoms with Crippen LogP contribution in [0, 0.1) is 5.82 Å². The number of carboxylic acid groups (broad SMARTS) is 1. The molecule has 1 aromatic heterocycles. The van der Waals surface area contributed by atoms with E-state index in [1.54, 1.807) is 22.9 Å². The van der Waals surface area contributed by atoms with Crippen molar-refractivity contribution in [3.8, 4) is 5.69 Å². The molecular formula is C18H12FN3O2. The molecule has 0 saturated carbocycles. The summed E-state index contributed by atoms with van der Waals surface area (Å²) in [6.45, 7) is 0.111. The van der Waals surface area contributed by atoms with Crippen LogP contribution in [0.4, 0.5) is 4.39 Å². The van der Waals surface area contributed by atoms with Gasteiger partial charge in [0.25, 0.3) is 0 Å². The van der Waals surface area contributed by atoms with Crippen molar-refractivity contribution in [1.82, 2.24) is 9.78 Å². The molecule has 0 amide bonds. The molecule has 0 aliphatic carbocycles. The zero-order chi connectivity index (χ0) is 16.7. The largest absolute Gasteiger partial charge is 0.478 e. The predicted octanol–water partition coefficient (Wildman–Crippen LogP) is 3.06. The highest BCUT2D eigenvalue weighted by Crippen LogP contribution is 2.27. The van der Waals surface area contributed by atoms with Crippen LogP contribution >= 0.6 is 0 Å². The van der Waals surface area contributed by atoms with Gasteiger partial charge in [-0.3, -0.25) is 4.99 Å². The van der Waals surface area contributed by atoms with E-state index in [0.29, 0.717) is 28.2 Å². The van der Waals surface area contributed by atoms with Crippen molar-refractivity contribution < 1.29 is 14.3 Å². The second-order valence-corrected chi connectivity index (χ2v) is 5.38. The van der Waals surface area contributed by atoms with Gasteiger partial charge < -0.3 is 5.11 Å². The average molecular weight is 321 g/mol. The lowest BCUT2D eigenvalue weighted by Crippen LogP contribution is -2.09. The van der Waals surface area contributed by atoms with Crippen LogP contribution in [0.2, 0.25) is 0 Å². The number of aromatic nitrogens is 2. The van der Waals surface area contributed by atoms with Gasteiger partial charge in [-0.05, 0) is 18.2 Å². The maximum atomic E-state index is 14.3. The lowest BCUT2D eigenvalue weighted by atomic mass is 10.0. The van der Waals surface area contributed by atoms with Crippen molar-refractivity contribution in [2.24, 2.45) is 4.99 Å². The molecule has 0 unspecified atom stereocenters. The number of aliphatic imine (C=N–C) groups is 1. The highest BCUT2D eigenvalue weighted by molar-refractivity contribution is 6.15. The second kappa shape index (κ2) is 5.42. The standard InChI is InChI=1S/C18H12FN3O2/c19-14-7-3-1-5-11(14)17-12-6-2-4-8-15(12)22-16(10-20-17)13(9-21-22)18(23)24/h1-9H,10H2,(H,23,24). The number of rotatable bonds is 2. The van der Waals surface area contributed by atoms with Crippen molar-refractivity contribution in [3.63, 3.8) is 0 Å². The summed E-state index contributed by atoms with van der Waals surface area (Å²) in [5.41, 5.74) is 2.84. The Morgan fingerprint density at radius 1 is 1.08 bits per heavy atom. The van der Waals surface area contributed by atoms with Crippen LogP contribution < -0.4 is 0 Å². The molecule has 6 heteroatoms. The summed E-state index contributed by atoms with van der Waals surface area (Å²) in [5, 5.41) is 13.5. The van der Waals surface area contributed by atoms with E-state index < -0.39 is 5.97 Å². The molecule has 1 N–H and O–H groups in total. The van der Waals surface area contributed by atoms with Crippen LogP contribution in [0.1, 0.15) is 27.2 Å². The Morgan fingerprint density at radius 3 is 2.54 bits per heavy atom. The molecule has 24 heavy (non-hydrogen) atoms. The molecule has 4 rings (SSSR count). The van der Waals surface area contributed by atoms with Crippen molar-refractivity contribution in [2.45, 2.75) is 6.54 Å². The quantitative estimate of drug-likeness (QED) is 0.789. The van der Waals surface area contributed by atoms with Crippen LogP contribution in [0.25, 0.3) is 5.69 Å². The third kappa shape index (κ3) is 2.11. The minimum absolute atomic E-state index is 0.100. The Balaban J connectivity index is 1.99. The Hall–Kier alpha value is -3.28. The highest BCUT2D eigenvalue weighted by Gasteiger charge is 2.24. The van der Waals surface area contributed by atoms with Gasteiger partial charge in [0.2, 0.25) is 0 Å². The van der Waals surface area contributed by atoms with E-state index in [-0.39, 0.29) is 17.9 Å². The maximum Gasteiger partial charge on any atom is 0.339 e. The first-order valence-corrected chi connectivity index (χ1v) is 7.36. The molecule has 5 nitrogen and oxygen atoms in total. The summed E-state index contributed by atoms with van der Waals surface area (Å²) >= 11 is 0.